The van der Waals surface area contributed by atoms with Gasteiger partial charge in [0.05, 0.1) is 6.04 Å². The van der Waals surface area contributed by atoms with Crippen LogP contribution in [0.2, 0.25) is 5.02 Å². The van der Waals surface area contributed by atoms with Crippen LogP contribution in [0.5, 0.6) is 0 Å². The molecule has 3 nitrogen and oxygen atoms in total. The van der Waals surface area contributed by atoms with Crippen molar-refractivity contribution in [1.29, 1.82) is 0 Å². The van der Waals surface area contributed by atoms with E-state index in [1.165, 1.54) is 25.7 Å². The first kappa shape index (κ1) is 15.3. The first-order chi connectivity index (χ1) is 9.56. The first-order valence-electron chi connectivity index (χ1n) is 7.47. The summed E-state index contributed by atoms with van der Waals surface area (Å²) in [6.07, 6.45) is 5.13. The van der Waals surface area contributed by atoms with Crippen LogP contribution in [0.25, 0.3) is 0 Å². The van der Waals surface area contributed by atoms with Crippen molar-refractivity contribution in [2.75, 3.05) is 5.32 Å². The average Bonchev–Trinajstić information content (AvgIpc) is 2.44. The summed E-state index contributed by atoms with van der Waals surface area (Å²) in [6, 6.07) is 7.75. The number of anilines is 1. The van der Waals surface area contributed by atoms with Crippen molar-refractivity contribution < 1.29 is 10.1 Å². The van der Waals surface area contributed by atoms with Crippen LogP contribution in [0.3, 0.4) is 0 Å². The van der Waals surface area contributed by atoms with E-state index in [1.807, 2.05) is 19.1 Å². The number of quaternary nitrogens is 1. The zero-order valence-corrected chi connectivity index (χ0v) is 13.0. The largest absolute Gasteiger partial charge is 0.334 e. The summed E-state index contributed by atoms with van der Waals surface area (Å²) < 4.78 is 0. The number of amides is 1. The molecule has 0 bridgehead atoms. The Kier molecular flexibility index (Phi) is 5.44. The van der Waals surface area contributed by atoms with Gasteiger partial charge in [-0.3, -0.25) is 4.79 Å². The highest BCUT2D eigenvalue weighted by atomic mass is 35.5. The Morgan fingerprint density at radius 2 is 1.95 bits per heavy atom. The Morgan fingerprint density at radius 1 is 1.30 bits per heavy atom. The van der Waals surface area contributed by atoms with Crippen molar-refractivity contribution in [2.45, 2.75) is 51.6 Å². The molecule has 0 aliphatic heterocycles. The highest BCUT2D eigenvalue weighted by Crippen LogP contribution is 2.21. The van der Waals surface area contributed by atoms with Crippen LogP contribution in [-0.2, 0) is 4.79 Å². The molecule has 0 aromatic heterocycles. The Labute approximate surface area is 126 Å². The van der Waals surface area contributed by atoms with Gasteiger partial charge in [-0.05, 0) is 50.5 Å². The molecular formula is C16H24ClN2O+. The van der Waals surface area contributed by atoms with Crippen LogP contribution < -0.4 is 10.6 Å². The predicted octanol–water partition coefficient (Wildman–Crippen LogP) is 2.81. The number of nitrogens with one attached hydrogen (secondary N) is 1. The van der Waals surface area contributed by atoms with Crippen LogP contribution in [0.1, 0.15) is 39.5 Å². The summed E-state index contributed by atoms with van der Waals surface area (Å²) in [5.74, 6) is 0.764. The summed E-state index contributed by atoms with van der Waals surface area (Å²) in [5.41, 5.74) is 0.802. The smallest absolute Gasteiger partial charge is 0.282 e. The molecule has 0 radical (unpaired) electrons. The highest BCUT2D eigenvalue weighted by Gasteiger charge is 2.28. The van der Waals surface area contributed by atoms with Crippen molar-refractivity contribution in [3.8, 4) is 0 Å². The van der Waals surface area contributed by atoms with Crippen molar-refractivity contribution in [1.82, 2.24) is 0 Å². The maximum absolute atomic E-state index is 12.2. The summed E-state index contributed by atoms with van der Waals surface area (Å²) in [5, 5.41) is 5.86. The van der Waals surface area contributed by atoms with Gasteiger partial charge in [0.2, 0.25) is 0 Å². The van der Waals surface area contributed by atoms with Gasteiger partial charge in [-0.25, -0.2) is 0 Å². The number of rotatable bonds is 4. The van der Waals surface area contributed by atoms with Gasteiger partial charge in [0.15, 0.2) is 6.04 Å². The van der Waals surface area contributed by atoms with Gasteiger partial charge < -0.3 is 10.6 Å². The van der Waals surface area contributed by atoms with Gasteiger partial charge in [-0.1, -0.05) is 24.9 Å². The topological polar surface area (TPSA) is 45.7 Å². The number of hydrogen-bond acceptors (Lipinski definition) is 1. The van der Waals surface area contributed by atoms with Crippen LogP contribution in [0.4, 0.5) is 5.69 Å². The molecule has 2 rings (SSSR count). The predicted molar refractivity (Wildman–Crippen MR) is 82.9 cm³/mol. The van der Waals surface area contributed by atoms with Gasteiger partial charge in [0.1, 0.15) is 0 Å². The fraction of sp³-hybridized carbons (Fsp3) is 0.562. The summed E-state index contributed by atoms with van der Waals surface area (Å²) in [4.78, 5) is 12.2. The molecule has 1 aliphatic carbocycles. The maximum Gasteiger partial charge on any atom is 0.282 e. The lowest BCUT2D eigenvalue weighted by atomic mass is 9.85. The molecule has 1 aliphatic rings. The van der Waals surface area contributed by atoms with E-state index < -0.39 is 0 Å². The molecule has 1 aromatic rings. The summed E-state index contributed by atoms with van der Waals surface area (Å²) >= 11 is 5.84. The van der Waals surface area contributed by atoms with E-state index >= 15 is 0 Å². The quantitative estimate of drug-likeness (QED) is 0.881. The van der Waals surface area contributed by atoms with Crippen LogP contribution in [0.15, 0.2) is 24.3 Å². The van der Waals surface area contributed by atoms with E-state index in [9.17, 15) is 4.79 Å². The Bertz CT molecular complexity index is 446. The van der Waals surface area contributed by atoms with Crippen molar-refractivity contribution >= 4 is 23.2 Å². The Hall–Kier alpha value is -1.06. The second-order valence-corrected chi connectivity index (χ2v) is 6.34. The van der Waals surface area contributed by atoms with Gasteiger partial charge in [0.25, 0.3) is 5.91 Å². The molecule has 1 saturated carbocycles. The third-order valence-corrected chi connectivity index (χ3v) is 4.49. The fourth-order valence-electron chi connectivity index (χ4n) is 2.88. The molecule has 110 valence electrons. The van der Waals surface area contributed by atoms with Gasteiger partial charge >= 0.3 is 0 Å². The SMILES string of the molecule is C[C@H]([NH2+][C@@H]1CCCC[C@H]1C)C(=O)Nc1ccc(Cl)cc1. The van der Waals surface area contributed by atoms with Crippen molar-refractivity contribution in [2.24, 2.45) is 5.92 Å². The van der Waals surface area contributed by atoms with E-state index in [4.69, 9.17) is 11.6 Å². The standard InChI is InChI=1S/C16H23ClN2O/c1-11-5-3-4-6-15(11)18-12(2)16(20)19-14-9-7-13(17)8-10-14/h7-12,15,18H,3-6H2,1-2H3,(H,19,20)/p+1/t11-,12+,15-/m1/s1. The van der Waals surface area contributed by atoms with Gasteiger partial charge in [-0.15, -0.1) is 0 Å². The third kappa shape index (κ3) is 4.22. The molecule has 0 heterocycles. The number of carbonyl (C=O) groups excluding carboxylic acids is 1. The molecule has 4 heteroatoms. The summed E-state index contributed by atoms with van der Waals surface area (Å²) in [7, 11) is 0. The normalized spacial score (nSPS) is 24.1. The molecule has 1 amide bonds. The maximum atomic E-state index is 12.2. The van der Waals surface area contributed by atoms with E-state index in [-0.39, 0.29) is 11.9 Å². The van der Waals surface area contributed by atoms with E-state index in [1.54, 1.807) is 12.1 Å². The monoisotopic (exact) mass is 295 g/mol. The molecule has 1 aromatic carbocycles. The van der Waals surface area contributed by atoms with Crippen molar-refractivity contribution in [3.63, 3.8) is 0 Å². The Balaban J connectivity index is 1.86. The highest BCUT2D eigenvalue weighted by molar-refractivity contribution is 6.30. The minimum atomic E-state index is -0.0590. The minimum absolute atomic E-state index is 0.0590. The molecular weight excluding hydrogens is 272 g/mol. The lowest BCUT2D eigenvalue weighted by Gasteiger charge is -2.28. The molecule has 3 atom stereocenters. The van der Waals surface area contributed by atoms with Gasteiger partial charge in [-0.2, -0.15) is 0 Å². The number of hydrogen-bond donors (Lipinski definition) is 2. The number of nitrogens with two attached hydrogens (primary N) is 1. The Morgan fingerprint density at radius 3 is 2.60 bits per heavy atom. The number of halogens is 1. The van der Waals surface area contributed by atoms with Gasteiger partial charge in [0, 0.05) is 16.6 Å². The third-order valence-electron chi connectivity index (χ3n) is 4.24. The molecule has 3 N–H and O–H groups in total. The lowest BCUT2D eigenvalue weighted by Crippen LogP contribution is -2.97. The lowest BCUT2D eigenvalue weighted by molar-refractivity contribution is -0.714. The molecule has 1 fully saturated rings. The molecule has 0 unspecified atom stereocenters. The first-order valence-corrected chi connectivity index (χ1v) is 7.85. The number of carbonyl (C=O) groups is 1. The molecule has 0 saturated heterocycles. The minimum Gasteiger partial charge on any atom is -0.334 e. The zero-order valence-electron chi connectivity index (χ0n) is 12.2. The van der Waals surface area contributed by atoms with Crippen LogP contribution in [-0.4, -0.2) is 18.0 Å². The van der Waals surface area contributed by atoms with E-state index in [0.29, 0.717) is 17.0 Å². The van der Waals surface area contributed by atoms with Crippen LogP contribution >= 0.6 is 11.6 Å². The summed E-state index contributed by atoms with van der Waals surface area (Å²) in [6.45, 7) is 4.27. The molecule has 20 heavy (non-hydrogen) atoms. The number of benzene rings is 1. The van der Waals surface area contributed by atoms with Crippen LogP contribution in [0, 0.1) is 5.92 Å². The van der Waals surface area contributed by atoms with E-state index in [2.05, 4.69) is 17.6 Å². The van der Waals surface area contributed by atoms with E-state index in [0.717, 1.165) is 5.69 Å². The second kappa shape index (κ2) is 7.09. The molecule has 0 spiro atoms. The van der Waals surface area contributed by atoms with Crippen molar-refractivity contribution in [3.05, 3.63) is 29.3 Å². The fourth-order valence-corrected chi connectivity index (χ4v) is 3.00. The average molecular weight is 296 g/mol. The second-order valence-electron chi connectivity index (χ2n) is 5.90. The zero-order chi connectivity index (χ0) is 14.5.